The van der Waals surface area contributed by atoms with Gasteiger partial charge in [-0.1, -0.05) is 117 Å². The largest absolute Gasteiger partial charge is 0.311 e. The van der Waals surface area contributed by atoms with E-state index in [4.69, 9.17) is 0 Å². The van der Waals surface area contributed by atoms with Crippen molar-refractivity contribution in [2.24, 2.45) is 0 Å². The standard InChI is InChI=1S/C47H53BN2/c1-29-13-22-39-38(23-29)48-37-21-16-32(45(6,7)8)26-40(37)50(34-19-20-35-36(27-34)47(11,12)28-46(35,9)10)42-25-30(2)24-41(43(42)48)49(39)33-17-14-31(15-18-33)44(3,4)5/h13-27H,28H2,1-12H3. The third kappa shape index (κ3) is 4.98. The van der Waals surface area contributed by atoms with Crippen LogP contribution in [0.5, 0.6) is 0 Å². The highest BCUT2D eigenvalue weighted by molar-refractivity contribution is 7.00. The second-order valence-corrected chi connectivity index (χ2v) is 18.9. The van der Waals surface area contributed by atoms with Gasteiger partial charge in [0.2, 0.25) is 0 Å². The van der Waals surface area contributed by atoms with E-state index in [0.717, 1.165) is 6.42 Å². The molecule has 254 valence electrons. The Morgan fingerprint density at radius 2 is 1.08 bits per heavy atom. The summed E-state index contributed by atoms with van der Waals surface area (Å²) in [6.45, 7) is 28.2. The Kier molecular flexibility index (Phi) is 7.01. The van der Waals surface area contributed by atoms with Crippen molar-refractivity contribution in [3.63, 3.8) is 0 Å². The van der Waals surface area contributed by atoms with Crippen molar-refractivity contribution in [3.8, 4) is 0 Å². The molecule has 0 unspecified atom stereocenters. The zero-order valence-electron chi connectivity index (χ0n) is 32.3. The maximum Gasteiger partial charge on any atom is 0.252 e. The number of fused-ring (bicyclic) bond motifs is 5. The van der Waals surface area contributed by atoms with Gasteiger partial charge in [-0.05, 0) is 135 Å². The summed E-state index contributed by atoms with van der Waals surface area (Å²) in [6, 6.07) is 35.9. The van der Waals surface area contributed by atoms with Crippen molar-refractivity contribution in [1.82, 2.24) is 0 Å². The molecule has 5 aromatic rings. The summed E-state index contributed by atoms with van der Waals surface area (Å²) in [4.78, 5) is 5.14. The molecular formula is C47H53BN2. The average Bonchev–Trinajstić information content (AvgIpc) is 3.22. The number of rotatable bonds is 2. The first kappa shape index (κ1) is 32.9. The molecule has 0 saturated heterocycles. The van der Waals surface area contributed by atoms with Crippen LogP contribution < -0.4 is 26.2 Å². The van der Waals surface area contributed by atoms with Crippen LogP contribution in [0.4, 0.5) is 34.1 Å². The van der Waals surface area contributed by atoms with Crippen LogP contribution in [0, 0.1) is 13.8 Å². The summed E-state index contributed by atoms with van der Waals surface area (Å²) >= 11 is 0. The Labute approximate surface area is 301 Å². The Balaban J connectivity index is 1.44. The minimum absolute atomic E-state index is 0.0275. The van der Waals surface area contributed by atoms with Gasteiger partial charge in [0.25, 0.3) is 6.71 Å². The maximum absolute atomic E-state index is 2.61. The van der Waals surface area contributed by atoms with E-state index in [0.29, 0.717) is 0 Å². The molecule has 0 saturated carbocycles. The zero-order valence-corrected chi connectivity index (χ0v) is 32.3. The fourth-order valence-electron chi connectivity index (χ4n) is 9.50. The molecule has 2 heterocycles. The molecule has 3 heteroatoms. The van der Waals surface area contributed by atoms with Crippen molar-refractivity contribution in [1.29, 1.82) is 0 Å². The van der Waals surface area contributed by atoms with E-state index in [2.05, 4.69) is 184 Å². The molecule has 2 nitrogen and oxygen atoms in total. The highest BCUT2D eigenvalue weighted by atomic mass is 15.2. The molecule has 50 heavy (non-hydrogen) atoms. The van der Waals surface area contributed by atoms with Crippen LogP contribution in [0.3, 0.4) is 0 Å². The average molecular weight is 657 g/mol. The molecule has 0 bridgehead atoms. The predicted molar refractivity (Wildman–Crippen MR) is 218 cm³/mol. The summed E-state index contributed by atoms with van der Waals surface area (Å²) in [7, 11) is 0. The van der Waals surface area contributed by atoms with Crippen LogP contribution in [-0.2, 0) is 21.7 Å². The molecule has 8 rings (SSSR count). The van der Waals surface area contributed by atoms with Gasteiger partial charge in [0, 0.05) is 34.1 Å². The molecule has 0 N–H and O–H groups in total. The minimum Gasteiger partial charge on any atom is -0.311 e. The zero-order chi connectivity index (χ0) is 35.7. The van der Waals surface area contributed by atoms with Gasteiger partial charge in [-0.3, -0.25) is 0 Å². The van der Waals surface area contributed by atoms with Gasteiger partial charge in [-0.2, -0.15) is 0 Å². The highest BCUT2D eigenvalue weighted by Gasteiger charge is 2.45. The number of anilines is 6. The molecule has 1 aliphatic carbocycles. The first-order valence-electron chi connectivity index (χ1n) is 18.6. The highest BCUT2D eigenvalue weighted by Crippen LogP contribution is 2.52. The van der Waals surface area contributed by atoms with Crippen LogP contribution in [0.1, 0.15) is 109 Å². The summed E-state index contributed by atoms with van der Waals surface area (Å²) in [5, 5.41) is 0. The SMILES string of the molecule is Cc1ccc2c(c1)B1c3ccc(C(C)(C)C)cc3N(c3ccc4c(c3)C(C)(C)CC4(C)C)c3cc(C)cc(c31)N2c1ccc(C(C)(C)C)cc1. The van der Waals surface area contributed by atoms with Crippen LogP contribution in [0.15, 0.2) is 91.0 Å². The van der Waals surface area contributed by atoms with E-state index in [-0.39, 0.29) is 28.4 Å². The molecule has 0 amide bonds. The van der Waals surface area contributed by atoms with Crippen molar-refractivity contribution in [3.05, 3.63) is 124 Å². The van der Waals surface area contributed by atoms with E-state index >= 15 is 0 Å². The van der Waals surface area contributed by atoms with Crippen molar-refractivity contribution in [2.45, 2.75) is 111 Å². The molecule has 2 aliphatic heterocycles. The lowest BCUT2D eigenvalue weighted by atomic mass is 9.33. The van der Waals surface area contributed by atoms with Crippen LogP contribution in [-0.4, -0.2) is 6.71 Å². The fourth-order valence-corrected chi connectivity index (χ4v) is 9.50. The van der Waals surface area contributed by atoms with Gasteiger partial charge in [-0.25, -0.2) is 0 Å². The Bertz CT molecular complexity index is 2190. The topological polar surface area (TPSA) is 6.48 Å². The fraction of sp³-hybridized carbons (Fsp3) is 0.362. The van der Waals surface area contributed by atoms with Gasteiger partial charge >= 0.3 is 0 Å². The van der Waals surface area contributed by atoms with Crippen molar-refractivity contribution < 1.29 is 0 Å². The molecular weight excluding hydrogens is 603 g/mol. The van der Waals surface area contributed by atoms with Gasteiger partial charge in [0.1, 0.15) is 0 Å². The van der Waals surface area contributed by atoms with Gasteiger partial charge in [0.15, 0.2) is 0 Å². The van der Waals surface area contributed by atoms with Crippen molar-refractivity contribution in [2.75, 3.05) is 9.80 Å². The minimum atomic E-state index is 0.0275. The van der Waals surface area contributed by atoms with E-state index in [9.17, 15) is 0 Å². The second kappa shape index (κ2) is 10.6. The molecule has 3 aliphatic rings. The molecule has 0 spiro atoms. The third-order valence-corrected chi connectivity index (χ3v) is 11.8. The third-order valence-electron chi connectivity index (χ3n) is 11.8. The molecule has 0 atom stereocenters. The summed E-state index contributed by atoms with van der Waals surface area (Å²) in [6.07, 6.45) is 1.16. The monoisotopic (exact) mass is 656 g/mol. The number of nitrogens with zero attached hydrogens (tertiary/aromatic N) is 2. The first-order valence-corrected chi connectivity index (χ1v) is 18.6. The molecule has 0 aromatic heterocycles. The summed E-state index contributed by atoms with van der Waals surface area (Å²) in [5.74, 6) is 0. The van der Waals surface area contributed by atoms with E-state index in [1.54, 1.807) is 0 Å². The number of hydrogen-bond donors (Lipinski definition) is 0. The lowest BCUT2D eigenvalue weighted by molar-refractivity contribution is 0.403. The van der Waals surface area contributed by atoms with Crippen LogP contribution in [0.25, 0.3) is 0 Å². The lowest BCUT2D eigenvalue weighted by Crippen LogP contribution is -2.61. The van der Waals surface area contributed by atoms with E-state index < -0.39 is 0 Å². The molecule has 5 aromatic carbocycles. The number of hydrogen-bond acceptors (Lipinski definition) is 2. The molecule has 0 radical (unpaired) electrons. The van der Waals surface area contributed by atoms with E-state index in [1.165, 1.54) is 83.9 Å². The van der Waals surface area contributed by atoms with Crippen LogP contribution in [0.2, 0.25) is 0 Å². The molecule has 0 fully saturated rings. The van der Waals surface area contributed by atoms with Crippen molar-refractivity contribution >= 4 is 57.2 Å². The maximum atomic E-state index is 2.61. The van der Waals surface area contributed by atoms with Gasteiger partial charge < -0.3 is 9.80 Å². The van der Waals surface area contributed by atoms with Gasteiger partial charge in [0.05, 0.1) is 0 Å². The Hall–Kier alpha value is -4.24. The predicted octanol–water partition coefficient (Wildman–Crippen LogP) is 10.9. The Morgan fingerprint density at radius 3 is 1.72 bits per heavy atom. The summed E-state index contributed by atoms with van der Waals surface area (Å²) in [5.41, 5.74) is 20.4. The lowest BCUT2D eigenvalue weighted by Gasteiger charge is -2.45. The number of benzene rings is 5. The van der Waals surface area contributed by atoms with Crippen LogP contribution >= 0.6 is 0 Å². The van der Waals surface area contributed by atoms with E-state index in [1.807, 2.05) is 0 Å². The quantitative estimate of drug-likeness (QED) is 0.171. The normalized spacial score (nSPS) is 16.9. The summed E-state index contributed by atoms with van der Waals surface area (Å²) < 4.78 is 0. The van der Waals surface area contributed by atoms with Gasteiger partial charge in [-0.15, -0.1) is 0 Å². The number of aryl methyl sites for hydroxylation is 2. The second-order valence-electron chi connectivity index (χ2n) is 18.9. The smallest absolute Gasteiger partial charge is 0.252 e. The first-order chi connectivity index (χ1) is 23.3. The Morgan fingerprint density at radius 1 is 0.500 bits per heavy atom.